The van der Waals surface area contributed by atoms with Crippen molar-refractivity contribution < 1.29 is 27.8 Å². The number of halogens is 2. The second-order valence-electron chi connectivity index (χ2n) is 7.80. The first-order valence-corrected chi connectivity index (χ1v) is 10.6. The summed E-state index contributed by atoms with van der Waals surface area (Å²) in [5, 5.41) is 3.38. The van der Waals surface area contributed by atoms with Crippen LogP contribution in [0, 0.1) is 11.6 Å². The Hall–Kier alpha value is -4.60. The first-order chi connectivity index (χ1) is 16.9. The van der Waals surface area contributed by atoms with Gasteiger partial charge >= 0.3 is 0 Å². The molecule has 8 nitrogen and oxygen atoms in total. The van der Waals surface area contributed by atoms with Crippen molar-refractivity contribution in [2.45, 2.75) is 6.04 Å². The molecule has 0 radical (unpaired) electrons. The summed E-state index contributed by atoms with van der Waals surface area (Å²) in [5.41, 5.74) is 1.22. The lowest BCUT2D eigenvalue weighted by Crippen LogP contribution is -2.49. The smallest absolute Gasteiger partial charge is 0.270 e. The van der Waals surface area contributed by atoms with Gasteiger partial charge in [-0.05, 0) is 30.3 Å². The number of nitrogens with one attached hydrogen (secondary N) is 1. The third kappa shape index (κ3) is 4.45. The number of pyridine rings is 2. The van der Waals surface area contributed by atoms with E-state index in [4.69, 9.17) is 9.47 Å². The minimum atomic E-state index is -0.990. The summed E-state index contributed by atoms with van der Waals surface area (Å²) in [6, 6.07) is 11.6. The monoisotopic (exact) mass is 476 g/mol. The molecule has 1 N–H and O–H groups in total. The highest BCUT2D eigenvalue weighted by atomic mass is 19.1. The molecule has 0 fully saturated rings. The Labute approximate surface area is 198 Å². The highest BCUT2D eigenvalue weighted by Gasteiger charge is 2.32. The number of ether oxygens (including phenoxy) is 2. The van der Waals surface area contributed by atoms with E-state index in [0.717, 1.165) is 23.6 Å². The number of hydrogen-bond acceptors (Lipinski definition) is 6. The molecule has 2 aromatic carbocycles. The molecule has 1 aliphatic rings. The zero-order valence-electron chi connectivity index (χ0n) is 18.4. The Morgan fingerprint density at radius 1 is 1.06 bits per heavy atom. The topological polar surface area (TPSA) is 93.7 Å². The van der Waals surface area contributed by atoms with Crippen LogP contribution in [0.15, 0.2) is 67.0 Å². The minimum absolute atomic E-state index is 0.0498. The fraction of sp³-hybridized carbons (Fsp3) is 0.120. The summed E-state index contributed by atoms with van der Waals surface area (Å²) in [6.45, 7) is -0.0908. The number of nitrogens with zero attached hydrogens (tertiary/aromatic N) is 3. The number of anilines is 1. The molecular formula is C25H18F2N4O4. The minimum Gasteiger partial charge on any atom is -0.489 e. The number of carbonyl (C=O) groups excluding carboxylic acids is 2. The Kier molecular flexibility index (Phi) is 5.69. The first-order valence-electron chi connectivity index (χ1n) is 10.6. The number of rotatable bonds is 4. The fourth-order valence-corrected chi connectivity index (χ4v) is 3.83. The molecule has 0 spiro atoms. The van der Waals surface area contributed by atoms with Gasteiger partial charge in [0.15, 0.2) is 0 Å². The van der Waals surface area contributed by atoms with Crippen molar-refractivity contribution in [3.63, 3.8) is 0 Å². The lowest BCUT2D eigenvalue weighted by atomic mass is 10.1. The molecule has 1 atom stereocenters. The zero-order valence-corrected chi connectivity index (χ0v) is 18.4. The van der Waals surface area contributed by atoms with Crippen molar-refractivity contribution in [3.8, 4) is 17.2 Å². The quantitative estimate of drug-likeness (QED) is 0.481. The predicted molar refractivity (Wildman–Crippen MR) is 123 cm³/mol. The molecule has 35 heavy (non-hydrogen) atoms. The largest absolute Gasteiger partial charge is 0.489 e. The van der Waals surface area contributed by atoms with Crippen LogP contribution < -0.4 is 19.7 Å². The summed E-state index contributed by atoms with van der Waals surface area (Å²) in [7, 11) is 1.60. The Morgan fingerprint density at radius 3 is 2.66 bits per heavy atom. The molecule has 1 aliphatic heterocycles. The van der Waals surface area contributed by atoms with Gasteiger partial charge in [0.1, 0.15) is 47.2 Å². The van der Waals surface area contributed by atoms with Crippen molar-refractivity contribution in [1.82, 2.24) is 15.3 Å². The molecule has 2 amide bonds. The van der Waals surface area contributed by atoms with E-state index in [1.54, 1.807) is 31.4 Å². The normalized spacial score (nSPS) is 15.2. The van der Waals surface area contributed by atoms with E-state index >= 15 is 0 Å². The number of hydrogen-bond donors (Lipinski definition) is 1. The Bertz CT molecular complexity index is 1440. The van der Waals surface area contributed by atoms with Crippen LogP contribution in [0.4, 0.5) is 14.5 Å². The van der Waals surface area contributed by atoms with Crippen LogP contribution in [0.2, 0.25) is 0 Å². The van der Waals surface area contributed by atoms with Gasteiger partial charge in [-0.1, -0.05) is 0 Å². The molecule has 0 aliphatic carbocycles. The summed E-state index contributed by atoms with van der Waals surface area (Å²) in [5.74, 6) is -2.06. The second-order valence-corrected chi connectivity index (χ2v) is 7.80. The molecule has 176 valence electrons. The van der Waals surface area contributed by atoms with Gasteiger partial charge in [0.05, 0.1) is 11.2 Å². The van der Waals surface area contributed by atoms with E-state index in [9.17, 15) is 18.4 Å². The van der Waals surface area contributed by atoms with E-state index < -0.39 is 23.6 Å². The molecular weight excluding hydrogens is 458 g/mol. The zero-order chi connectivity index (χ0) is 24.5. The van der Waals surface area contributed by atoms with Gasteiger partial charge in [-0.2, -0.15) is 0 Å². The molecule has 2 aromatic heterocycles. The van der Waals surface area contributed by atoms with E-state index in [2.05, 4.69) is 15.3 Å². The number of amides is 2. The Morgan fingerprint density at radius 2 is 1.86 bits per heavy atom. The van der Waals surface area contributed by atoms with Crippen molar-refractivity contribution in [2.24, 2.45) is 0 Å². The third-order valence-corrected chi connectivity index (χ3v) is 5.43. The van der Waals surface area contributed by atoms with Gasteiger partial charge in [-0.3, -0.25) is 19.6 Å². The van der Waals surface area contributed by atoms with Crippen LogP contribution in [0.25, 0.3) is 10.9 Å². The summed E-state index contributed by atoms with van der Waals surface area (Å²) in [6.07, 6.45) is 2.97. The second kappa shape index (κ2) is 8.98. The molecule has 0 unspecified atom stereocenters. The van der Waals surface area contributed by atoms with E-state index in [1.165, 1.54) is 23.2 Å². The molecule has 10 heteroatoms. The van der Waals surface area contributed by atoms with E-state index in [-0.39, 0.29) is 29.7 Å². The van der Waals surface area contributed by atoms with Crippen molar-refractivity contribution in [2.75, 3.05) is 18.6 Å². The maximum absolute atomic E-state index is 13.4. The lowest BCUT2D eigenvalue weighted by Gasteiger charge is -2.21. The van der Waals surface area contributed by atoms with Crippen molar-refractivity contribution in [1.29, 1.82) is 0 Å². The van der Waals surface area contributed by atoms with Gasteiger partial charge in [0.2, 0.25) is 0 Å². The van der Waals surface area contributed by atoms with Crippen LogP contribution in [-0.2, 0) is 4.79 Å². The van der Waals surface area contributed by atoms with Crippen molar-refractivity contribution >= 4 is 28.4 Å². The number of carbonyl (C=O) groups is 2. The molecule has 0 saturated carbocycles. The molecule has 5 rings (SSSR count). The number of aromatic nitrogens is 2. The fourth-order valence-electron chi connectivity index (χ4n) is 3.83. The molecule has 3 heterocycles. The van der Waals surface area contributed by atoms with Gasteiger partial charge in [-0.25, -0.2) is 8.78 Å². The van der Waals surface area contributed by atoms with Gasteiger partial charge in [0.25, 0.3) is 11.8 Å². The van der Waals surface area contributed by atoms with Crippen LogP contribution >= 0.6 is 0 Å². The SMILES string of the molecule is CN1C(=O)[C@@H](NC(=O)c2cc(Oc3cc(F)cc(F)c3)ccn2)COc2ccc3ncccc3c21. The van der Waals surface area contributed by atoms with Gasteiger partial charge < -0.3 is 19.7 Å². The van der Waals surface area contributed by atoms with Crippen LogP contribution in [0.1, 0.15) is 10.5 Å². The highest BCUT2D eigenvalue weighted by Crippen LogP contribution is 2.37. The van der Waals surface area contributed by atoms with Crippen molar-refractivity contribution in [3.05, 3.63) is 84.3 Å². The summed E-state index contributed by atoms with van der Waals surface area (Å²) < 4.78 is 38.2. The number of benzene rings is 2. The molecule has 0 bridgehead atoms. The summed E-state index contributed by atoms with van der Waals surface area (Å²) >= 11 is 0. The average Bonchev–Trinajstić information content (AvgIpc) is 2.95. The van der Waals surface area contributed by atoms with Crippen LogP contribution in [0.5, 0.6) is 17.2 Å². The molecule has 0 saturated heterocycles. The lowest BCUT2D eigenvalue weighted by molar-refractivity contribution is -0.120. The number of likely N-dealkylation sites (N-methyl/N-ethyl adjacent to an activating group) is 1. The first kappa shape index (κ1) is 22.2. The van der Waals surface area contributed by atoms with E-state index in [0.29, 0.717) is 17.0 Å². The number of fused-ring (bicyclic) bond motifs is 3. The third-order valence-electron chi connectivity index (χ3n) is 5.43. The Balaban J connectivity index is 1.35. The van der Waals surface area contributed by atoms with E-state index in [1.807, 2.05) is 6.07 Å². The standard InChI is InChI=1S/C25H18F2N4O4/c1-31-23-18-3-2-7-28-19(18)4-5-22(23)34-13-21(25(31)33)30-24(32)20-12-16(6-8-29-20)35-17-10-14(26)9-15(27)11-17/h2-12,21H,13H2,1H3,(H,30,32)/t21-/m0/s1. The van der Waals surface area contributed by atoms with Gasteiger partial charge in [0, 0.05) is 49.1 Å². The maximum Gasteiger partial charge on any atom is 0.270 e. The average molecular weight is 476 g/mol. The van der Waals surface area contributed by atoms with Crippen LogP contribution in [-0.4, -0.2) is 41.5 Å². The predicted octanol–water partition coefficient (Wildman–Crippen LogP) is 3.85. The highest BCUT2D eigenvalue weighted by molar-refractivity contribution is 6.08. The summed E-state index contributed by atoms with van der Waals surface area (Å²) in [4.78, 5) is 35.8. The van der Waals surface area contributed by atoms with Gasteiger partial charge in [-0.15, -0.1) is 0 Å². The maximum atomic E-state index is 13.4. The molecule has 4 aromatic rings. The van der Waals surface area contributed by atoms with Crippen LogP contribution in [0.3, 0.4) is 0 Å².